The number of hydrogen-bond acceptors (Lipinski definition) is 6. The number of rotatable bonds is 8. The highest BCUT2D eigenvalue weighted by molar-refractivity contribution is 7.89. The van der Waals surface area contributed by atoms with E-state index in [1.54, 1.807) is 25.1 Å². The second kappa shape index (κ2) is 9.65. The molecule has 10 heteroatoms. The topological polar surface area (TPSA) is 101 Å². The van der Waals surface area contributed by atoms with E-state index in [1.807, 2.05) is 17.5 Å². The third-order valence-corrected chi connectivity index (χ3v) is 7.02. The molecule has 0 spiro atoms. The molecule has 0 fully saturated rings. The summed E-state index contributed by atoms with van der Waals surface area (Å²) in [5.74, 6) is -0.0790. The van der Waals surface area contributed by atoms with Crippen LogP contribution in [0, 0.1) is 12.7 Å². The Morgan fingerprint density at radius 3 is 2.55 bits per heavy atom. The molecule has 0 radical (unpaired) electrons. The van der Waals surface area contributed by atoms with E-state index in [-0.39, 0.29) is 23.7 Å². The fourth-order valence-electron chi connectivity index (χ4n) is 3.11. The summed E-state index contributed by atoms with van der Waals surface area (Å²) in [5, 5.41) is 4.63. The van der Waals surface area contributed by atoms with Crippen molar-refractivity contribution < 1.29 is 22.0 Å². The van der Waals surface area contributed by atoms with Gasteiger partial charge in [-0.15, -0.1) is 11.3 Å². The number of carbonyl (C=O) groups is 1. The Bertz CT molecular complexity index is 1380. The molecule has 0 aliphatic heterocycles. The fourth-order valence-corrected chi connectivity index (χ4v) is 4.85. The van der Waals surface area contributed by atoms with Gasteiger partial charge < -0.3 is 9.73 Å². The van der Waals surface area contributed by atoms with E-state index in [0.717, 1.165) is 4.88 Å². The van der Waals surface area contributed by atoms with Gasteiger partial charge in [0.1, 0.15) is 11.6 Å². The highest BCUT2D eigenvalue weighted by Gasteiger charge is 2.19. The highest BCUT2D eigenvalue weighted by atomic mass is 32.2. The minimum absolute atomic E-state index is 0.0426. The van der Waals surface area contributed by atoms with Crippen molar-refractivity contribution in [2.24, 2.45) is 0 Å². The Labute approximate surface area is 194 Å². The van der Waals surface area contributed by atoms with Gasteiger partial charge >= 0.3 is 0 Å². The number of aryl methyl sites for hydroxylation is 1. The maximum absolute atomic E-state index is 13.3. The number of sulfonamides is 1. The molecule has 2 aromatic heterocycles. The third-order valence-electron chi connectivity index (χ3n) is 4.76. The van der Waals surface area contributed by atoms with Gasteiger partial charge in [0, 0.05) is 13.1 Å². The lowest BCUT2D eigenvalue weighted by Crippen LogP contribution is -2.25. The predicted molar refractivity (Wildman–Crippen MR) is 123 cm³/mol. The first kappa shape index (κ1) is 22.8. The lowest BCUT2D eigenvalue weighted by atomic mass is 10.2. The molecule has 2 aromatic carbocycles. The SMILES string of the molecule is Cc1oc(-c2cccs2)nc1C(=O)NCc1cccc(S(=O)(=O)NCc2cccc(F)c2)c1. The second-order valence-corrected chi connectivity index (χ2v) is 9.90. The normalized spacial score (nSPS) is 11.5. The van der Waals surface area contributed by atoms with Crippen LogP contribution in [0.3, 0.4) is 0 Å². The quantitative estimate of drug-likeness (QED) is 0.388. The number of carbonyl (C=O) groups excluding carboxylic acids is 1. The van der Waals surface area contributed by atoms with Gasteiger partial charge in [-0.2, -0.15) is 0 Å². The van der Waals surface area contributed by atoms with E-state index in [9.17, 15) is 17.6 Å². The predicted octanol–water partition coefficient (Wildman–Crippen LogP) is 4.26. The average molecular weight is 486 g/mol. The van der Waals surface area contributed by atoms with Gasteiger partial charge in [-0.1, -0.05) is 30.3 Å². The third kappa shape index (κ3) is 5.54. The van der Waals surface area contributed by atoms with Crippen molar-refractivity contribution in [3.05, 3.63) is 94.4 Å². The molecule has 33 heavy (non-hydrogen) atoms. The Kier molecular flexibility index (Phi) is 6.68. The number of thiophene rings is 1. The molecule has 0 bridgehead atoms. The number of nitrogens with zero attached hydrogens (tertiary/aromatic N) is 1. The molecule has 0 saturated heterocycles. The van der Waals surface area contributed by atoms with Crippen LogP contribution in [0.25, 0.3) is 10.8 Å². The zero-order valence-electron chi connectivity index (χ0n) is 17.5. The molecule has 2 N–H and O–H groups in total. The summed E-state index contributed by atoms with van der Waals surface area (Å²) < 4.78 is 46.7. The molecule has 0 saturated carbocycles. The van der Waals surface area contributed by atoms with Crippen LogP contribution in [-0.4, -0.2) is 19.3 Å². The molecule has 170 valence electrons. The van der Waals surface area contributed by atoms with Crippen molar-refractivity contribution in [2.45, 2.75) is 24.9 Å². The molecule has 0 aliphatic carbocycles. The lowest BCUT2D eigenvalue weighted by molar-refractivity contribution is 0.0945. The Hall–Kier alpha value is -3.34. The fraction of sp³-hybridized carbons (Fsp3) is 0.130. The minimum atomic E-state index is -3.82. The molecular formula is C23H20FN3O4S2. The van der Waals surface area contributed by atoms with Crippen molar-refractivity contribution in [3.63, 3.8) is 0 Å². The maximum Gasteiger partial charge on any atom is 0.273 e. The van der Waals surface area contributed by atoms with Gasteiger partial charge in [-0.3, -0.25) is 4.79 Å². The minimum Gasteiger partial charge on any atom is -0.440 e. The van der Waals surface area contributed by atoms with Crippen LogP contribution in [0.15, 0.2) is 75.4 Å². The summed E-state index contributed by atoms with van der Waals surface area (Å²) in [4.78, 5) is 17.7. The van der Waals surface area contributed by atoms with Crippen LogP contribution in [-0.2, 0) is 23.1 Å². The van der Waals surface area contributed by atoms with Gasteiger partial charge in [0.25, 0.3) is 5.91 Å². The van der Waals surface area contributed by atoms with E-state index in [4.69, 9.17) is 4.42 Å². The van der Waals surface area contributed by atoms with Gasteiger partial charge in [0.2, 0.25) is 15.9 Å². The van der Waals surface area contributed by atoms with E-state index in [0.29, 0.717) is 22.8 Å². The molecule has 7 nitrogen and oxygen atoms in total. The summed E-state index contributed by atoms with van der Waals surface area (Å²) in [5.41, 5.74) is 1.28. The highest BCUT2D eigenvalue weighted by Crippen LogP contribution is 2.26. The first-order valence-corrected chi connectivity index (χ1v) is 12.3. The van der Waals surface area contributed by atoms with Crippen LogP contribution in [0.4, 0.5) is 4.39 Å². The van der Waals surface area contributed by atoms with Gasteiger partial charge in [-0.05, 0) is 53.8 Å². The number of benzene rings is 2. The number of hydrogen-bond donors (Lipinski definition) is 2. The van der Waals surface area contributed by atoms with Crippen molar-refractivity contribution in [3.8, 4) is 10.8 Å². The summed E-state index contributed by atoms with van der Waals surface area (Å²) in [6.45, 7) is 1.72. The Balaban J connectivity index is 1.41. The molecule has 0 unspecified atom stereocenters. The molecular weight excluding hydrogens is 465 g/mol. The number of nitrogens with one attached hydrogen (secondary N) is 2. The molecule has 1 amide bonds. The molecule has 2 heterocycles. The van der Waals surface area contributed by atoms with E-state index in [2.05, 4.69) is 15.0 Å². The zero-order valence-corrected chi connectivity index (χ0v) is 19.2. The van der Waals surface area contributed by atoms with Crippen LogP contribution >= 0.6 is 11.3 Å². The van der Waals surface area contributed by atoms with E-state index >= 15 is 0 Å². The number of aromatic nitrogens is 1. The Morgan fingerprint density at radius 1 is 1.06 bits per heavy atom. The summed E-state index contributed by atoms with van der Waals surface area (Å²) >= 11 is 1.46. The number of amides is 1. The largest absolute Gasteiger partial charge is 0.440 e. The average Bonchev–Trinajstić information content (AvgIpc) is 3.46. The molecule has 4 rings (SSSR count). The summed E-state index contributed by atoms with van der Waals surface area (Å²) in [7, 11) is -3.82. The molecule has 0 atom stereocenters. The van der Waals surface area contributed by atoms with Gasteiger partial charge in [0.05, 0.1) is 9.77 Å². The van der Waals surface area contributed by atoms with Crippen LogP contribution < -0.4 is 10.0 Å². The Morgan fingerprint density at radius 2 is 1.82 bits per heavy atom. The number of oxazole rings is 1. The van der Waals surface area contributed by atoms with Crippen LogP contribution in [0.1, 0.15) is 27.4 Å². The smallest absolute Gasteiger partial charge is 0.273 e. The molecule has 0 aliphatic rings. The summed E-state index contributed by atoms with van der Waals surface area (Å²) in [6.07, 6.45) is 0. The van der Waals surface area contributed by atoms with Gasteiger partial charge in [-0.25, -0.2) is 22.5 Å². The lowest BCUT2D eigenvalue weighted by Gasteiger charge is -2.09. The monoisotopic (exact) mass is 485 g/mol. The van der Waals surface area contributed by atoms with Crippen molar-refractivity contribution >= 4 is 27.3 Å². The van der Waals surface area contributed by atoms with E-state index in [1.165, 1.54) is 41.7 Å². The molecule has 4 aromatic rings. The zero-order chi connectivity index (χ0) is 23.4. The maximum atomic E-state index is 13.3. The summed E-state index contributed by atoms with van der Waals surface area (Å²) in [6, 6.07) is 15.7. The van der Waals surface area contributed by atoms with Crippen molar-refractivity contribution in [2.75, 3.05) is 0 Å². The first-order valence-electron chi connectivity index (χ1n) is 9.94. The number of halogens is 1. The second-order valence-electron chi connectivity index (χ2n) is 7.19. The first-order chi connectivity index (χ1) is 15.8. The van der Waals surface area contributed by atoms with E-state index < -0.39 is 21.7 Å². The van der Waals surface area contributed by atoms with Crippen LogP contribution in [0.5, 0.6) is 0 Å². The van der Waals surface area contributed by atoms with Crippen molar-refractivity contribution in [1.29, 1.82) is 0 Å². The standard InChI is InChI=1S/C23H20FN3O4S2/c1-15-21(27-23(31-15)20-9-4-10-32-20)22(28)25-13-17-6-3-8-19(12-17)33(29,30)26-14-16-5-2-7-18(24)11-16/h2-12,26H,13-14H2,1H3,(H,25,28). The van der Waals surface area contributed by atoms with Crippen molar-refractivity contribution in [1.82, 2.24) is 15.0 Å². The van der Waals surface area contributed by atoms with Gasteiger partial charge in [0.15, 0.2) is 5.69 Å². The van der Waals surface area contributed by atoms with Crippen LogP contribution in [0.2, 0.25) is 0 Å².